The molecular formula is C10H12FNO5S. The van der Waals surface area contributed by atoms with Crippen molar-refractivity contribution in [3.05, 3.63) is 24.0 Å². The van der Waals surface area contributed by atoms with Crippen molar-refractivity contribution in [1.29, 1.82) is 0 Å². The van der Waals surface area contributed by atoms with Gasteiger partial charge in [0.05, 0.1) is 12.8 Å². The van der Waals surface area contributed by atoms with Gasteiger partial charge >= 0.3 is 5.97 Å². The van der Waals surface area contributed by atoms with Crippen LogP contribution < -0.4 is 9.46 Å². The van der Waals surface area contributed by atoms with Crippen molar-refractivity contribution in [2.75, 3.05) is 11.8 Å². The molecule has 0 saturated carbocycles. The summed E-state index contributed by atoms with van der Waals surface area (Å²) in [7, 11) is -2.87. The van der Waals surface area contributed by atoms with Crippen molar-refractivity contribution < 1.29 is 27.4 Å². The molecule has 1 unspecified atom stereocenters. The summed E-state index contributed by atoms with van der Waals surface area (Å²) >= 11 is 0. The van der Waals surface area contributed by atoms with Crippen LogP contribution in [0.15, 0.2) is 18.2 Å². The lowest BCUT2D eigenvalue weighted by Crippen LogP contribution is -2.32. The van der Waals surface area contributed by atoms with Gasteiger partial charge in [-0.15, -0.1) is 0 Å². The van der Waals surface area contributed by atoms with Crippen LogP contribution in [0.3, 0.4) is 0 Å². The smallest absolute Gasteiger partial charge is 0.323 e. The number of halogens is 1. The fraction of sp³-hybridized carbons (Fsp3) is 0.300. The molecule has 18 heavy (non-hydrogen) atoms. The summed E-state index contributed by atoms with van der Waals surface area (Å²) < 4.78 is 43.3. The van der Waals surface area contributed by atoms with E-state index in [1.54, 1.807) is 0 Å². The van der Waals surface area contributed by atoms with Crippen LogP contribution in [0.1, 0.15) is 6.92 Å². The minimum atomic E-state index is -4.21. The molecule has 8 heteroatoms. The number of ether oxygens (including phenoxy) is 1. The van der Waals surface area contributed by atoms with E-state index in [2.05, 4.69) is 0 Å². The predicted molar refractivity (Wildman–Crippen MR) is 62.6 cm³/mol. The highest BCUT2D eigenvalue weighted by molar-refractivity contribution is 7.94. The van der Waals surface area contributed by atoms with Crippen LogP contribution in [0.25, 0.3) is 0 Å². The van der Waals surface area contributed by atoms with Gasteiger partial charge in [-0.05, 0) is 19.1 Å². The number of hydrogen-bond donors (Lipinski definition) is 2. The normalized spacial score (nSPS) is 12.8. The molecule has 0 amide bonds. The average Bonchev–Trinajstić information content (AvgIpc) is 2.30. The summed E-state index contributed by atoms with van der Waals surface area (Å²) in [4.78, 5) is 10.6. The Morgan fingerprint density at radius 2 is 2.11 bits per heavy atom. The topological polar surface area (TPSA) is 92.7 Å². The predicted octanol–water partition coefficient (Wildman–Crippen LogP) is 1.05. The van der Waals surface area contributed by atoms with Gasteiger partial charge in [-0.1, -0.05) is 0 Å². The Balaban J connectivity index is 3.07. The Morgan fingerprint density at radius 3 is 2.61 bits per heavy atom. The van der Waals surface area contributed by atoms with Gasteiger partial charge in [0.25, 0.3) is 0 Å². The lowest BCUT2D eigenvalue weighted by Gasteiger charge is -2.12. The molecule has 1 aromatic rings. The van der Waals surface area contributed by atoms with Crippen molar-refractivity contribution in [1.82, 2.24) is 0 Å². The van der Waals surface area contributed by atoms with Crippen LogP contribution in [0.4, 0.5) is 10.1 Å². The number of nitrogens with one attached hydrogen (secondary N) is 1. The van der Waals surface area contributed by atoms with E-state index in [0.717, 1.165) is 19.1 Å². The number of methoxy groups -OCH3 is 1. The molecule has 100 valence electrons. The first-order valence-electron chi connectivity index (χ1n) is 4.86. The van der Waals surface area contributed by atoms with Crippen molar-refractivity contribution in [3.8, 4) is 5.75 Å². The van der Waals surface area contributed by atoms with E-state index in [9.17, 15) is 17.6 Å². The number of rotatable bonds is 5. The molecule has 6 nitrogen and oxygen atoms in total. The minimum Gasteiger partial charge on any atom is -0.497 e. The van der Waals surface area contributed by atoms with Gasteiger partial charge in [-0.3, -0.25) is 9.52 Å². The largest absolute Gasteiger partial charge is 0.497 e. The zero-order chi connectivity index (χ0) is 13.9. The van der Waals surface area contributed by atoms with Gasteiger partial charge in [-0.2, -0.15) is 0 Å². The van der Waals surface area contributed by atoms with E-state index < -0.39 is 27.1 Å². The third kappa shape index (κ3) is 3.10. The third-order valence-corrected chi connectivity index (χ3v) is 3.88. The number of aliphatic carboxylic acids is 1. The highest BCUT2D eigenvalue weighted by atomic mass is 32.2. The summed E-state index contributed by atoms with van der Waals surface area (Å²) in [5.74, 6) is -2.10. The molecule has 0 heterocycles. The number of carboxylic acids is 1. The number of hydrogen-bond acceptors (Lipinski definition) is 4. The first-order chi connectivity index (χ1) is 8.27. The molecule has 2 N–H and O–H groups in total. The van der Waals surface area contributed by atoms with Crippen LogP contribution >= 0.6 is 0 Å². The molecule has 0 fully saturated rings. The summed E-state index contributed by atoms with van der Waals surface area (Å²) in [5, 5.41) is 6.94. The first kappa shape index (κ1) is 14.2. The Labute approximate surface area is 103 Å². The maximum Gasteiger partial charge on any atom is 0.323 e. The zero-order valence-electron chi connectivity index (χ0n) is 9.68. The maximum absolute atomic E-state index is 13.4. The first-order valence-corrected chi connectivity index (χ1v) is 6.40. The second-order valence-corrected chi connectivity index (χ2v) is 5.47. The standard InChI is InChI=1S/C10H12FNO5S/c1-6(10(13)14)18(15,16)12-9-5-7(17-2)3-4-8(9)11/h3-6,12H,1-2H3,(H,13,14). The van der Waals surface area contributed by atoms with Crippen LogP contribution in [-0.4, -0.2) is 31.9 Å². The molecule has 0 aliphatic rings. The molecule has 0 aliphatic heterocycles. The van der Waals surface area contributed by atoms with E-state index in [1.807, 2.05) is 4.72 Å². The van der Waals surface area contributed by atoms with Gasteiger partial charge < -0.3 is 9.84 Å². The number of carbonyl (C=O) groups is 1. The van der Waals surface area contributed by atoms with Crippen molar-refractivity contribution in [3.63, 3.8) is 0 Å². The molecule has 0 bridgehead atoms. The van der Waals surface area contributed by atoms with Gasteiger partial charge in [0.2, 0.25) is 10.0 Å². The van der Waals surface area contributed by atoms with Crippen molar-refractivity contribution in [2.45, 2.75) is 12.2 Å². The van der Waals surface area contributed by atoms with E-state index in [0.29, 0.717) is 0 Å². The van der Waals surface area contributed by atoms with Crippen LogP contribution in [0.2, 0.25) is 0 Å². The molecule has 0 aromatic heterocycles. The number of anilines is 1. The lowest BCUT2D eigenvalue weighted by molar-refractivity contribution is -0.136. The van der Waals surface area contributed by atoms with Gasteiger partial charge in [0.1, 0.15) is 11.6 Å². The highest BCUT2D eigenvalue weighted by Gasteiger charge is 2.28. The Morgan fingerprint density at radius 1 is 1.50 bits per heavy atom. The minimum absolute atomic E-state index is 0.247. The summed E-state index contributed by atoms with van der Waals surface area (Å²) in [6, 6.07) is 3.46. The van der Waals surface area contributed by atoms with Gasteiger partial charge in [-0.25, -0.2) is 12.8 Å². The average molecular weight is 277 g/mol. The quantitative estimate of drug-likeness (QED) is 0.839. The molecule has 0 spiro atoms. The number of carboxylic acid groups (broad SMARTS) is 1. The molecule has 1 rings (SSSR count). The molecule has 0 saturated heterocycles. The number of benzene rings is 1. The molecule has 1 aromatic carbocycles. The second-order valence-electron chi connectivity index (χ2n) is 3.47. The van der Waals surface area contributed by atoms with E-state index in [-0.39, 0.29) is 11.4 Å². The van der Waals surface area contributed by atoms with Crippen LogP contribution in [-0.2, 0) is 14.8 Å². The van der Waals surface area contributed by atoms with Gasteiger partial charge in [0, 0.05) is 6.07 Å². The third-order valence-electron chi connectivity index (χ3n) is 2.24. The highest BCUT2D eigenvalue weighted by Crippen LogP contribution is 2.22. The Kier molecular flexibility index (Phi) is 4.12. The van der Waals surface area contributed by atoms with Crippen LogP contribution in [0.5, 0.6) is 5.75 Å². The van der Waals surface area contributed by atoms with Gasteiger partial charge in [0.15, 0.2) is 5.25 Å². The molecule has 0 aliphatic carbocycles. The van der Waals surface area contributed by atoms with E-state index in [4.69, 9.17) is 9.84 Å². The Hall–Kier alpha value is -1.83. The zero-order valence-corrected chi connectivity index (χ0v) is 10.5. The second kappa shape index (κ2) is 5.21. The van der Waals surface area contributed by atoms with E-state index in [1.165, 1.54) is 13.2 Å². The Bertz CT molecular complexity index is 557. The molecular weight excluding hydrogens is 265 g/mol. The molecule has 0 radical (unpaired) electrons. The lowest BCUT2D eigenvalue weighted by atomic mass is 10.3. The monoisotopic (exact) mass is 277 g/mol. The summed E-state index contributed by atoms with van der Waals surface area (Å²) in [6.45, 7) is 0.989. The summed E-state index contributed by atoms with van der Waals surface area (Å²) in [6.07, 6.45) is 0. The fourth-order valence-corrected chi connectivity index (χ4v) is 1.99. The van der Waals surface area contributed by atoms with Crippen LogP contribution in [0, 0.1) is 5.82 Å². The summed E-state index contributed by atoms with van der Waals surface area (Å²) in [5.41, 5.74) is -0.359. The van der Waals surface area contributed by atoms with Crippen molar-refractivity contribution in [2.24, 2.45) is 0 Å². The molecule has 1 atom stereocenters. The SMILES string of the molecule is COc1ccc(F)c(NS(=O)(=O)C(C)C(=O)O)c1. The number of sulfonamides is 1. The fourth-order valence-electron chi connectivity index (χ4n) is 1.08. The van der Waals surface area contributed by atoms with Crippen molar-refractivity contribution >= 4 is 21.7 Å². The maximum atomic E-state index is 13.4. The van der Waals surface area contributed by atoms with E-state index >= 15 is 0 Å².